The van der Waals surface area contributed by atoms with Crippen molar-refractivity contribution < 1.29 is 28.6 Å². The Morgan fingerprint density at radius 3 is 2.64 bits per heavy atom. The summed E-state index contributed by atoms with van der Waals surface area (Å²) in [5, 5.41) is -0.276. The van der Waals surface area contributed by atoms with Crippen molar-refractivity contribution >= 4 is 29.6 Å². The second-order valence-electron chi connectivity index (χ2n) is 6.73. The Bertz CT molecular complexity index is 849. The first-order valence-electron chi connectivity index (χ1n) is 8.90. The number of hydrogen-bond donors (Lipinski definition) is 0. The zero-order valence-electron chi connectivity index (χ0n) is 16.3. The van der Waals surface area contributed by atoms with Crippen molar-refractivity contribution in [1.29, 1.82) is 0 Å². The van der Waals surface area contributed by atoms with E-state index in [1.54, 1.807) is 0 Å². The molecule has 2 aliphatic rings. The summed E-state index contributed by atoms with van der Waals surface area (Å²) in [4.78, 5) is 37.9. The maximum Gasteiger partial charge on any atom is 0.355 e. The highest BCUT2D eigenvalue weighted by Gasteiger charge is 2.54. The topological polar surface area (TPSA) is 82.1 Å². The molecule has 0 radical (unpaired) electrons. The van der Waals surface area contributed by atoms with Gasteiger partial charge >= 0.3 is 11.9 Å². The summed E-state index contributed by atoms with van der Waals surface area (Å²) < 4.78 is 15.8. The first kappa shape index (κ1) is 20.4. The van der Waals surface area contributed by atoms with Gasteiger partial charge in [-0.3, -0.25) is 14.5 Å². The number of rotatable bonds is 6. The predicted molar refractivity (Wildman–Crippen MR) is 103 cm³/mol. The first-order chi connectivity index (χ1) is 13.3. The Labute approximate surface area is 168 Å². The molecular weight excluding hydrogens is 382 g/mol. The molecule has 0 bridgehead atoms. The van der Waals surface area contributed by atoms with E-state index in [1.807, 2.05) is 32.0 Å². The lowest BCUT2D eigenvalue weighted by atomic mass is 10.0. The van der Waals surface area contributed by atoms with E-state index in [9.17, 15) is 14.4 Å². The number of benzene rings is 1. The van der Waals surface area contributed by atoms with Gasteiger partial charge in [0.1, 0.15) is 24.3 Å². The fourth-order valence-corrected chi connectivity index (χ4v) is 4.55. The number of β-lactam (4-membered cyclic amide) rings is 1. The number of esters is 2. The van der Waals surface area contributed by atoms with Gasteiger partial charge in [-0.25, -0.2) is 4.79 Å². The maximum atomic E-state index is 12.9. The summed E-state index contributed by atoms with van der Waals surface area (Å²) >= 11 is 1.47. The molecule has 28 heavy (non-hydrogen) atoms. The van der Waals surface area contributed by atoms with E-state index in [2.05, 4.69) is 0 Å². The third-order valence-electron chi connectivity index (χ3n) is 4.97. The van der Waals surface area contributed by atoms with Crippen molar-refractivity contribution in [1.82, 2.24) is 4.90 Å². The van der Waals surface area contributed by atoms with Crippen LogP contribution in [0.5, 0.6) is 0 Å². The molecule has 7 nitrogen and oxygen atoms in total. The Morgan fingerprint density at radius 1 is 1.21 bits per heavy atom. The number of hydrogen-bond acceptors (Lipinski definition) is 7. The summed E-state index contributed by atoms with van der Waals surface area (Å²) in [6.07, 6.45) is -0.581. The van der Waals surface area contributed by atoms with Crippen LogP contribution in [0.15, 0.2) is 29.5 Å². The van der Waals surface area contributed by atoms with Gasteiger partial charge in [0.2, 0.25) is 0 Å². The monoisotopic (exact) mass is 405 g/mol. The SMILES string of the molecule is CO[C@H]1C(=O)N2C(C(=O)OCc3cccc(C)c3C)=C(COC(C)=O)CS[C@H]12. The highest BCUT2D eigenvalue weighted by molar-refractivity contribution is 8.00. The van der Waals surface area contributed by atoms with Crippen molar-refractivity contribution in [3.05, 3.63) is 46.2 Å². The van der Waals surface area contributed by atoms with Crippen LogP contribution in [0.3, 0.4) is 0 Å². The zero-order valence-corrected chi connectivity index (χ0v) is 17.1. The smallest absolute Gasteiger partial charge is 0.355 e. The first-order valence-corrected chi connectivity index (χ1v) is 9.95. The molecule has 2 heterocycles. The Kier molecular flexibility index (Phi) is 6.10. The number of thioether (sulfide) groups is 1. The van der Waals surface area contributed by atoms with Gasteiger partial charge in [-0.15, -0.1) is 11.8 Å². The van der Waals surface area contributed by atoms with E-state index >= 15 is 0 Å². The number of carbonyl (C=O) groups is 3. The average molecular weight is 405 g/mol. The Hall–Kier alpha value is -2.32. The van der Waals surface area contributed by atoms with Gasteiger partial charge in [0.05, 0.1) is 0 Å². The molecule has 2 aliphatic heterocycles. The molecule has 8 heteroatoms. The van der Waals surface area contributed by atoms with Crippen molar-refractivity contribution in [2.75, 3.05) is 19.5 Å². The van der Waals surface area contributed by atoms with E-state index < -0.39 is 18.0 Å². The highest BCUT2D eigenvalue weighted by atomic mass is 32.2. The van der Waals surface area contributed by atoms with Crippen molar-refractivity contribution in [3.8, 4) is 0 Å². The van der Waals surface area contributed by atoms with Crippen LogP contribution in [0.25, 0.3) is 0 Å². The third-order valence-corrected chi connectivity index (χ3v) is 6.29. The molecule has 0 N–H and O–H groups in total. The fraction of sp³-hybridized carbons (Fsp3) is 0.450. The van der Waals surface area contributed by atoms with E-state index in [0.29, 0.717) is 11.3 Å². The van der Waals surface area contributed by atoms with Crippen LogP contribution in [0.2, 0.25) is 0 Å². The molecular formula is C20H23NO6S. The van der Waals surface area contributed by atoms with Crippen LogP contribution in [0.4, 0.5) is 0 Å². The molecule has 0 saturated carbocycles. The largest absolute Gasteiger partial charge is 0.461 e. The number of nitrogens with zero attached hydrogens (tertiary/aromatic N) is 1. The van der Waals surface area contributed by atoms with E-state index in [1.165, 1.54) is 30.7 Å². The van der Waals surface area contributed by atoms with Crippen LogP contribution < -0.4 is 0 Å². The minimum absolute atomic E-state index is 0.0512. The summed E-state index contributed by atoms with van der Waals surface area (Å²) in [5.41, 5.74) is 3.79. The molecule has 1 amide bonds. The van der Waals surface area contributed by atoms with E-state index in [0.717, 1.165) is 16.7 Å². The van der Waals surface area contributed by atoms with Crippen molar-refractivity contribution in [3.63, 3.8) is 0 Å². The average Bonchev–Trinajstić information content (AvgIpc) is 2.66. The van der Waals surface area contributed by atoms with Crippen LogP contribution in [0, 0.1) is 13.8 Å². The number of aryl methyl sites for hydroxylation is 1. The summed E-state index contributed by atoms with van der Waals surface area (Å²) in [7, 11) is 1.47. The number of ether oxygens (including phenoxy) is 3. The minimum Gasteiger partial charge on any atom is -0.461 e. The van der Waals surface area contributed by atoms with Crippen LogP contribution in [-0.2, 0) is 35.2 Å². The zero-order chi connectivity index (χ0) is 20.4. The van der Waals surface area contributed by atoms with Crippen LogP contribution in [-0.4, -0.2) is 53.7 Å². The van der Waals surface area contributed by atoms with E-state index in [4.69, 9.17) is 14.2 Å². The molecule has 0 aliphatic carbocycles. The molecule has 0 aromatic heterocycles. The maximum absolute atomic E-state index is 12.9. The summed E-state index contributed by atoms with van der Waals surface area (Å²) in [6, 6.07) is 5.80. The lowest BCUT2D eigenvalue weighted by Crippen LogP contribution is -2.65. The second-order valence-corrected chi connectivity index (χ2v) is 7.84. The molecule has 1 aromatic rings. The number of methoxy groups -OCH3 is 1. The van der Waals surface area contributed by atoms with Gasteiger partial charge in [-0.05, 0) is 30.5 Å². The molecule has 0 unspecified atom stereocenters. The number of amides is 1. The van der Waals surface area contributed by atoms with Crippen molar-refractivity contribution in [2.24, 2.45) is 0 Å². The Balaban J connectivity index is 1.82. The quantitative estimate of drug-likeness (QED) is 0.529. The van der Waals surface area contributed by atoms with Gasteiger partial charge in [-0.1, -0.05) is 18.2 Å². The van der Waals surface area contributed by atoms with E-state index in [-0.39, 0.29) is 30.2 Å². The number of fused-ring (bicyclic) bond motifs is 1. The number of carbonyl (C=O) groups excluding carboxylic acids is 3. The van der Waals surface area contributed by atoms with Gasteiger partial charge in [0.15, 0.2) is 6.10 Å². The van der Waals surface area contributed by atoms with Crippen LogP contribution >= 0.6 is 11.8 Å². The fourth-order valence-electron chi connectivity index (χ4n) is 3.20. The van der Waals surface area contributed by atoms with Crippen LogP contribution in [0.1, 0.15) is 23.6 Å². The standard InChI is InChI=1S/C20H23NO6S/c1-11-6-5-7-14(12(11)2)8-27-20(24)16-15(9-26-13(3)22)10-28-19-17(25-4)18(23)21(16)19/h5-7,17,19H,8-10H2,1-4H3/t17-,19+/m0/s1. The molecule has 0 spiro atoms. The molecule has 3 rings (SSSR count). The molecule has 150 valence electrons. The van der Waals surface area contributed by atoms with Gasteiger partial charge in [-0.2, -0.15) is 0 Å². The van der Waals surface area contributed by atoms with Crippen molar-refractivity contribution in [2.45, 2.75) is 38.9 Å². The third kappa shape index (κ3) is 3.79. The second kappa shape index (κ2) is 8.36. The normalized spacial score (nSPS) is 21.1. The lowest BCUT2D eigenvalue weighted by Gasteiger charge is -2.48. The van der Waals surface area contributed by atoms with Gasteiger partial charge in [0.25, 0.3) is 5.91 Å². The molecule has 1 aromatic carbocycles. The highest BCUT2D eigenvalue weighted by Crippen LogP contribution is 2.41. The lowest BCUT2D eigenvalue weighted by molar-refractivity contribution is -0.163. The minimum atomic E-state index is -0.601. The van der Waals surface area contributed by atoms with Gasteiger partial charge in [0, 0.05) is 25.4 Å². The molecule has 2 atom stereocenters. The molecule has 1 saturated heterocycles. The summed E-state index contributed by atoms with van der Waals surface area (Å²) in [5.74, 6) is -0.891. The Morgan fingerprint density at radius 2 is 1.96 bits per heavy atom. The summed E-state index contributed by atoms with van der Waals surface area (Å²) in [6.45, 7) is 5.31. The predicted octanol–water partition coefficient (Wildman–Crippen LogP) is 2.09. The van der Waals surface area contributed by atoms with Gasteiger partial charge < -0.3 is 14.2 Å². The molecule has 1 fully saturated rings.